The molecule has 0 heterocycles. The molecule has 2 atom stereocenters. The third-order valence-corrected chi connectivity index (χ3v) is 6.26. The van der Waals surface area contributed by atoms with Gasteiger partial charge in [-0.2, -0.15) is 0 Å². The quantitative estimate of drug-likeness (QED) is 0.665. The Kier molecular flexibility index (Phi) is 5.47. The van der Waals surface area contributed by atoms with Crippen molar-refractivity contribution in [1.29, 1.82) is 0 Å². The Hall–Kier alpha value is -1.51. The van der Waals surface area contributed by atoms with Crippen LogP contribution >= 0.6 is 0 Å². The lowest BCUT2D eigenvalue weighted by Crippen LogP contribution is -2.42. The van der Waals surface area contributed by atoms with Gasteiger partial charge in [-0.25, -0.2) is 4.79 Å². The zero-order valence-corrected chi connectivity index (χ0v) is 14.8. The van der Waals surface area contributed by atoms with Crippen molar-refractivity contribution in [2.75, 3.05) is 0 Å². The fourth-order valence-electron chi connectivity index (χ4n) is 4.94. The molecule has 0 amide bonds. The predicted octanol–water partition coefficient (Wildman–Crippen LogP) is 6.24. The van der Waals surface area contributed by atoms with E-state index in [4.69, 9.17) is 4.74 Å². The minimum absolute atomic E-state index is 0.191. The van der Waals surface area contributed by atoms with Crippen molar-refractivity contribution in [1.82, 2.24) is 0 Å². The summed E-state index contributed by atoms with van der Waals surface area (Å²) in [6, 6.07) is 8.95. The number of carbonyl (C=O) groups is 1. The summed E-state index contributed by atoms with van der Waals surface area (Å²) >= 11 is 0. The smallest absolute Gasteiger partial charge is 0.450 e. The standard InChI is InChI=1S/C21H30O3/c1-2-21(24-20(22)23)14-7-6-13-19(21)18-12-8-11-17(15-18)16-9-4-3-5-10-16/h8,11-12,15-16,19H,2-7,9-10,13-14H2,1H3,(H,22,23). The summed E-state index contributed by atoms with van der Waals surface area (Å²) in [6.07, 6.45) is 10.3. The Balaban J connectivity index is 1.88. The van der Waals surface area contributed by atoms with Gasteiger partial charge in [-0.1, -0.05) is 56.9 Å². The maximum Gasteiger partial charge on any atom is 0.506 e. The maximum absolute atomic E-state index is 11.3. The van der Waals surface area contributed by atoms with Crippen LogP contribution in [0, 0.1) is 0 Å². The number of benzene rings is 1. The lowest BCUT2D eigenvalue weighted by molar-refractivity contribution is -0.0583. The summed E-state index contributed by atoms with van der Waals surface area (Å²) < 4.78 is 5.50. The molecule has 0 bridgehead atoms. The first kappa shape index (κ1) is 17.3. The van der Waals surface area contributed by atoms with Gasteiger partial charge in [-0.3, -0.25) is 0 Å². The molecule has 3 rings (SSSR count). The summed E-state index contributed by atoms with van der Waals surface area (Å²) in [5, 5.41) is 9.26. The molecule has 2 saturated carbocycles. The lowest BCUT2D eigenvalue weighted by atomic mass is 9.70. The van der Waals surface area contributed by atoms with E-state index < -0.39 is 11.8 Å². The summed E-state index contributed by atoms with van der Waals surface area (Å²) in [5.74, 6) is 0.870. The molecular weight excluding hydrogens is 300 g/mol. The van der Waals surface area contributed by atoms with Gasteiger partial charge in [0.2, 0.25) is 0 Å². The van der Waals surface area contributed by atoms with Crippen LogP contribution in [0.2, 0.25) is 0 Å². The molecule has 0 aromatic heterocycles. The second kappa shape index (κ2) is 7.58. The topological polar surface area (TPSA) is 46.5 Å². The highest BCUT2D eigenvalue weighted by atomic mass is 16.7. The van der Waals surface area contributed by atoms with Gasteiger partial charge in [0.25, 0.3) is 0 Å². The van der Waals surface area contributed by atoms with Gasteiger partial charge in [0.1, 0.15) is 5.60 Å². The van der Waals surface area contributed by atoms with Crippen molar-refractivity contribution in [3.8, 4) is 0 Å². The molecule has 1 N–H and O–H groups in total. The number of hydrogen-bond acceptors (Lipinski definition) is 2. The maximum atomic E-state index is 11.3. The van der Waals surface area contributed by atoms with Crippen molar-refractivity contribution in [3.05, 3.63) is 35.4 Å². The average molecular weight is 330 g/mol. The van der Waals surface area contributed by atoms with Crippen LogP contribution in [0.4, 0.5) is 4.79 Å². The van der Waals surface area contributed by atoms with Crippen LogP contribution < -0.4 is 0 Å². The van der Waals surface area contributed by atoms with Crippen LogP contribution in [0.15, 0.2) is 24.3 Å². The Morgan fingerprint density at radius 2 is 1.83 bits per heavy atom. The first-order chi connectivity index (χ1) is 11.6. The molecule has 1 aromatic rings. The van der Waals surface area contributed by atoms with E-state index in [0.29, 0.717) is 5.92 Å². The fourth-order valence-corrected chi connectivity index (χ4v) is 4.94. The minimum Gasteiger partial charge on any atom is -0.450 e. The first-order valence-electron chi connectivity index (χ1n) is 9.66. The molecule has 3 heteroatoms. The van der Waals surface area contributed by atoms with E-state index in [1.54, 1.807) is 0 Å². The monoisotopic (exact) mass is 330 g/mol. The van der Waals surface area contributed by atoms with Crippen molar-refractivity contribution in [3.63, 3.8) is 0 Å². The highest BCUT2D eigenvalue weighted by Gasteiger charge is 2.43. The summed E-state index contributed by atoms with van der Waals surface area (Å²) in [5.41, 5.74) is 2.17. The van der Waals surface area contributed by atoms with Crippen molar-refractivity contribution in [2.24, 2.45) is 0 Å². The highest BCUT2D eigenvalue weighted by Crippen LogP contribution is 2.46. The average Bonchev–Trinajstić information content (AvgIpc) is 2.62. The molecule has 132 valence electrons. The first-order valence-corrected chi connectivity index (χ1v) is 9.66. The Morgan fingerprint density at radius 1 is 1.12 bits per heavy atom. The SMILES string of the molecule is CCC1(OC(=O)O)CCCCC1c1cccc(C2CCCCC2)c1. The Labute approximate surface area is 145 Å². The van der Waals surface area contributed by atoms with Crippen molar-refractivity contribution >= 4 is 6.16 Å². The molecule has 0 saturated heterocycles. The van der Waals surface area contributed by atoms with E-state index in [0.717, 1.165) is 32.1 Å². The van der Waals surface area contributed by atoms with Gasteiger partial charge in [0, 0.05) is 5.92 Å². The van der Waals surface area contributed by atoms with Crippen LogP contribution in [0.5, 0.6) is 0 Å². The minimum atomic E-state index is -1.13. The highest BCUT2D eigenvalue weighted by molar-refractivity contribution is 5.58. The van der Waals surface area contributed by atoms with E-state index in [1.807, 2.05) is 0 Å². The molecule has 2 aliphatic rings. The van der Waals surface area contributed by atoms with E-state index in [-0.39, 0.29) is 5.92 Å². The van der Waals surface area contributed by atoms with Crippen LogP contribution in [-0.2, 0) is 4.74 Å². The van der Waals surface area contributed by atoms with E-state index in [1.165, 1.54) is 43.2 Å². The number of ether oxygens (including phenoxy) is 1. The van der Waals surface area contributed by atoms with Gasteiger partial charge in [-0.15, -0.1) is 0 Å². The third kappa shape index (κ3) is 3.60. The molecule has 2 unspecified atom stereocenters. The molecule has 24 heavy (non-hydrogen) atoms. The van der Waals surface area contributed by atoms with Crippen LogP contribution in [0.3, 0.4) is 0 Å². The third-order valence-electron chi connectivity index (χ3n) is 6.26. The van der Waals surface area contributed by atoms with Crippen molar-refractivity contribution in [2.45, 2.75) is 88.6 Å². The van der Waals surface area contributed by atoms with E-state index >= 15 is 0 Å². The summed E-state index contributed by atoms with van der Waals surface area (Å²) in [6.45, 7) is 2.06. The molecule has 3 nitrogen and oxygen atoms in total. The molecule has 2 fully saturated rings. The molecule has 0 radical (unpaired) electrons. The molecule has 0 spiro atoms. The summed E-state index contributed by atoms with van der Waals surface area (Å²) in [7, 11) is 0. The van der Waals surface area contributed by atoms with E-state index in [9.17, 15) is 9.90 Å². The molecule has 2 aliphatic carbocycles. The normalized spacial score (nSPS) is 28.5. The van der Waals surface area contributed by atoms with Crippen LogP contribution in [-0.4, -0.2) is 16.9 Å². The molecule has 1 aromatic carbocycles. The largest absolute Gasteiger partial charge is 0.506 e. The fraction of sp³-hybridized carbons (Fsp3) is 0.667. The molecule has 0 aliphatic heterocycles. The number of rotatable bonds is 4. The zero-order valence-electron chi connectivity index (χ0n) is 14.8. The van der Waals surface area contributed by atoms with Gasteiger partial charge < -0.3 is 9.84 Å². The summed E-state index contributed by atoms with van der Waals surface area (Å²) in [4.78, 5) is 11.3. The van der Waals surface area contributed by atoms with Gasteiger partial charge in [0.05, 0.1) is 0 Å². The zero-order chi connectivity index (χ0) is 17.0. The van der Waals surface area contributed by atoms with Crippen molar-refractivity contribution < 1.29 is 14.6 Å². The van der Waals surface area contributed by atoms with Crippen LogP contribution in [0.25, 0.3) is 0 Å². The number of hydrogen-bond donors (Lipinski definition) is 1. The Bertz CT molecular complexity index is 562. The Morgan fingerprint density at radius 3 is 2.54 bits per heavy atom. The van der Waals surface area contributed by atoms with Crippen LogP contribution in [0.1, 0.15) is 94.1 Å². The number of carboxylic acid groups (broad SMARTS) is 1. The predicted molar refractivity (Wildman–Crippen MR) is 95.6 cm³/mol. The second-order valence-electron chi connectivity index (χ2n) is 7.59. The second-order valence-corrected chi connectivity index (χ2v) is 7.59. The van der Waals surface area contributed by atoms with E-state index in [2.05, 4.69) is 31.2 Å². The molecular formula is C21H30O3. The van der Waals surface area contributed by atoms with Gasteiger partial charge >= 0.3 is 6.16 Å². The van der Waals surface area contributed by atoms with Gasteiger partial charge in [-0.05, 0) is 55.6 Å². The van der Waals surface area contributed by atoms with Gasteiger partial charge in [0.15, 0.2) is 0 Å². The lowest BCUT2D eigenvalue weighted by Gasteiger charge is -2.42.